The van der Waals surface area contributed by atoms with Gasteiger partial charge in [-0.1, -0.05) is 30.3 Å². The van der Waals surface area contributed by atoms with Crippen molar-refractivity contribution in [2.75, 3.05) is 0 Å². The number of hydrogen-bond donors (Lipinski definition) is 1. The fourth-order valence-corrected chi connectivity index (χ4v) is 1.09. The summed E-state index contributed by atoms with van der Waals surface area (Å²) in [5.74, 6) is -0.717. The van der Waals surface area contributed by atoms with Gasteiger partial charge in [0.2, 0.25) is 0 Å². The normalized spacial score (nSPS) is 7.26. The molecule has 19 heavy (non-hydrogen) atoms. The van der Waals surface area contributed by atoms with Crippen LogP contribution in [0, 0.1) is 7.43 Å². The molecule has 0 aliphatic heterocycles. The molecule has 122 valence electrons. The minimum absolute atomic E-state index is 0. The fraction of sp³-hybridized carbons (Fsp3) is 0.273. The van der Waals surface area contributed by atoms with Gasteiger partial charge in [0.05, 0.1) is 0 Å². The molecule has 0 radical (unpaired) electrons. The maximum Gasteiger partial charge on any atom is 0 e. The Kier molecular flexibility index (Phi) is 39.6. The molecule has 0 aliphatic rings. The van der Waals surface area contributed by atoms with Crippen LogP contribution in [0.2, 0.25) is 0 Å². The zero-order valence-electron chi connectivity index (χ0n) is 10.4. The smallest absolute Gasteiger partial charge is 0 e. The number of carboxylic acids is 1. The molecule has 0 aromatic heterocycles. The van der Waals surface area contributed by atoms with Gasteiger partial charge in [-0.15, -0.1) is 0 Å². The number of nitrogens with two attached hydrogens (primary N) is 2. The third kappa shape index (κ3) is 24.0. The minimum atomic E-state index is -0.717. The number of hydrogen-bond acceptors (Lipinski definition) is 1. The number of benzene rings is 1. The molecule has 0 heterocycles. The van der Waals surface area contributed by atoms with Gasteiger partial charge in [0, 0.05) is 27.5 Å². The van der Waals surface area contributed by atoms with Gasteiger partial charge >= 0.3 is 41.3 Å². The fourth-order valence-electron chi connectivity index (χ4n) is 1.09. The molecule has 0 spiro atoms. The van der Waals surface area contributed by atoms with Crippen molar-refractivity contribution < 1.29 is 47.4 Å². The third-order valence-corrected chi connectivity index (χ3v) is 1.70. The molecule has 8 heteroatoms. The second-order valence-electron chi connectivity index (χ2n) is 2.78. The summed E-state index contributed by atoms with van der Waals surface area (Å²) in [7, 11) is 9.75. The Hall–Kier alpha value is 0.567. The van der Waals surface area contributed by atoms with E-state index in [2.05, 4.69) is 0 Å². The molecule has 1 rings (SSSR count). The largest absolute Gasteiger partial charge is 0.693 e. The quantitative estimate of drug-likeness (QED) is 0.436. The maximum atomic E-state index is 10.2. The van der Waals surface area contributed by atoms with E-state index in [-0.39, 0.29) is 47.2 Å². The molecular formula is C11H19Cl2N2O2Pt2-3. The van der Waals surface area contributed by atoms with Crippen LogP contribution in [-0.2, 0) is 48.8 Å². The first-order chi connectivity index (χ1) is 7.20. The van der Waals surface area contributed by atoms with Gasteiger partial charge in [-0.25, -0.2) is 0 Å². The first-order valence-corrected chi connectivity index (χ1v) is 9.92. The van der Waals surface area contributed by atoms with Crippen molar-refractivity contribution in [3.05, 3.63) is 55.6 Å². The molecule has 0 aliphatic carbocycles. The van der Waals surface area contributed by atoms with E-state index >= 15 is 0 Å². The van der Waals surface area contributed by atoms with Gasteiger partial charge in [0.15, 0.2) is 0 Å². The van der Waals surface area contributed by atoms with E-state index in [4.69, 9.17) is 23.9 Å². The van der Waals surface area contributed by atoms with Crippen LogP contribution in [-0.4, -0.2) is 11.1 Å². The number of aliphatic carboxylic acids is 1. The standard InChI is InChI=1S/C10H12O2.CH3.2ClH.2H2N.2Pt/c11-10(12)8-4-7-9-5-2-1-3-6-9;;;;;;;/h1-3,5-6H,4,7-8H2,(H,11,12);1H3;2*1H;2*1H2;;/q;-1;;;2*-1;;+2/p-2. The molecule has 0 unspecified atom stereocenters. The summed E-state index contributed by atoms with van der Waals surface area (Å²) >= 11 is -0.472. The number of carboxylic acid groups (broad SMARTS) is 1. The zero-order valence-corrected chi connectivity index (χ0v) is 16.5. The van der Waals surface area contributed by atoms with Crippen molar-refractivity contribution in [2.24, 2.45) is 0 Å². The molecule has 5 N–H and O–H groups in total. The van der Waals surface area contributed by atoms with Crippen LogP contribution in [0.1, 0.15) is 18.4 Å². The predicted octanol–water partition coefficient (Wildman–Crippen LogP) is 5.35. The van der Waals surface area contributed by atoms with Crippen molar-refractivity contribution in [1.82, 2.24) is 0 Å². The Bertz CT molecular complexity index is 281. The molecule has 1 aromatic carbocycles. The molecule has 0 bridgehead atoms. The van der Waals surface area contributed by atoms with Crippen LogP contribution in [0.25, 0.3) is 12.3 Å². The van der Waals surface area contributed by atoms with Crippen LogP contribution in [0.15, 0.2) is 30.3 Å². The van der Waals surface area contributed by atoms with E-state index in [0.29, 0.717) is 0 Å². The molecule has 4 nitrogen and oxygen atoms in total. The predicted molar refractivity (Wildman–Crippen MR) is 75.7 cm³/mol. The van der Waals surface area contributed by atoms with Gasteiger partial charge < -0.3 is 24.8 Å². The van der Waals surface area contributed by atoms with E-state index in [1.54, 1.807) is 0 Å². The van der Waals surface area contributed by atoms with Crippen LogP contribution in [0.4, 0.5) is 0 Å². The molecular weight excluding hydrogens is 653 g/mol. The summed E-state index contributed by atoms with van der Waals surface area (Å²) in [4.78, 5) is 10.2. The maximum absolute atomic E-state index is 10.2. The molecule has 0 amide bonds. The summed E-state index contributed by atoms with van der Waals surface area (Å²) in [6.45, 7) is 0. The Morgan fingerprint density at radius 2 is 1.58 bits per heavy atom. The second-order valence-corrected chi connectivity index (χ2v) is 6.06. The van der Waals surface area contributed by atoms with Gasteiger partial charge in [0.25, 0.3) is 0 Å². The van der Waals surface area contributed by atoms with Crippen molar-refractivity contribution >= 4 is 24.8 Å². The van der Waals surface area contributed by atoms with E-state index in [1.807, 2.05) is 30.3 Å². The van der Waals surface area contributed by atoms with E-state index in [0.717, 1.165) is 12.8 Å². The Morgan fingerprint density at radius 1 is 1.16 bits per heavy atom. The van der Waals surface area contributed by atoms with Gasteiger partial charge in [-0.05, 0) is 18.4 Å². The van der Waals surface area contributed by atoms with Gasteiger partial charge in [-0.3, -0.25) is 4.79 Å². The van der Waals surface area contributed by atoms with Crippen molar-refractivity contribution in [3.63, 3.8) is 0 Å². The first kappa shape index (κ1) is 31.8. The van der Waals surface area contributed by atoms with Crippen molar-refractivity contribution in [3.8, 4) is 0 Å². The van der Waals surface area contributed by atoms with E-state index < -0.39 is 22.5 Å². The van der Waals surface area contributed by atoms with Crippen LogP contribution < -0.4 is 0 Å². The Morgan fingerprint density at radius 3 is 1.95 bits per heavy atom. The molecule has 0 saturated heterocycles. The van der Waals surface area contributed by atoms with Gasteiger partial charge in [0.1, 0.15) is 0 Å². The topological polar surface area (TPSA) is 104 Å². The Labute approximate surface area is 146 Å². The molecule has 0 saturated carbocycles. The Balaban J connectivity index is -0.0000000858. The monoisotopic (exact) mass is 671 g/mol. The second kappa shape index (κ2) is 23.6. The summed E-state index contributed by atoms with van der Waals surface area (Å²) in [6, 6.07) is 9.93. The average Bonchev–Trinajstić information content (AvgIpc) is 2.20. The van der Waals surface area contributed by atoms with E-state index in [1.165, 1.54) is 5.56 Å². The van der Waals surface area contributed by atoms with Crippen molar-refractivity contribution in [1.29, 1.82) is 0 Å². The van der Waals surface area contributed by atoms with Crippen LogP contribution >= 0.6 is 18.8 Å². The summed E-state index contributed by atoms with van der Waals surface area (Å²) in [5, 5.41) is 8.39. The molecule has 1 aromatic rings. The van der Waals surface area contributed by atoms with Gasteiger partial charge in [-0.2, -0.15) is 0 Å². The molecule has 0 fully saturated rings. The SMILES string of the molecule is O=C(O)CCCc1ccccc1.[CH3-].[Cl][Pt][Cl].[NH2-].[NH2-].[Pt]. The third-order valence-electron chi connectivity index (χ3n) is 1.70. The summed E-state index contributed by atoms with van der Waals surface area (Å²) in [6.07, 6.45) is 1.83. The number of carbonyl (C=O) groups is 1. The van der Waals surface area contributed by atoms with Crippen LogP contribution in [0.5, 0.6) is 0 Å². The van der Waals surface area contributed by atoms with E-state index in [9.17, 15) is 4.79 Å². The number of rotatable bonds is 4. The van der Waals surface area contributed by atoms with Crippen molar-refractivity contribution in [2.45, 2.75) is 19.3 Å². The summed E-state index contributed by atoms with van der Waals surface area (Å²) < 4.78 is 0. The molecule has 0 atom stereocenters. The summed E-state index contributed by atoms with van der Waals surface area (Å²) in [5.41, 5.74) is 1.21. The minimum Gasteiger partial charge on any atom is -0.693 e. The average molecular weight is 672 g/mol. The van der Waals surface area contributed by atoms with Crippen LogP contribution in [0.3, 0.4) is 0 Å². The number of aryl methyl sites for hydroxylation is 1. The number of halogens is 2. The zero-order chi connectivity index (χ0) is 11.5. The first-order valence-electron chi connectivity index (χ1n) is 4.28.